The van der Waals surface area contributed by atoms with Crippen molar-refractivity contribution in [1.82, 2.24) is 9.80 Å². The average molecular weight is 464 g/mol. The SMILES string of the molecule is O=C(Nc1cccc(Cl)c1)N1CCCN(C(=O)c2ccc(OCc3ccccc3)cc2)CC1. The molecule has 33 heavy (non-hydrogen) atoms. The van der Waals surface area contributed by atoms with E-state index >= 15 is 0 Å². The van der Waals surface area contributed by atoms with Crippen LogP contribution < -0.4 is 10.1 Å². The van der Waals surface area contributed by atoms with Gasteiger partial charge in [-0.1, -0.05) is 48.0 Å². The Hall–Kier alpha value is -3.51. The molecule has 1 aliphatic heterocycles. The Labute approximate surface area is 198 Å². The van der Waals surface area contributed by atoms with E-state index in [4.69, 9.17) is 16.3 Å². The predicted molar refractivity (Wildman–Crippen MR) is 130 cm³/mol. The lowest BCUT2D eigenvalue weighted by Gasteiger charge is -2.22. The van der Waals surface area contributed by atoms with Crippen LogP contribution >= 0.6 is 11.6 Å². The van der Waals surface area contributed by atoms with Gasteiger partial charge >= 0.3 is 6.03 Å². The third kappa shape index (κ3) is 6.26. The number of benzene rings is 3. The zero-order valence-electron chi connectivity index (χ0n) is 18.2. The standard InChI is InChI=1S/C26H26ClN3O3/c27-22-8-4-9-23(18-22)28-26(32)30-15-5-14-29(16-17-30)25(31)21-10-12-24(13-11-21)33-19-20-6-2-1-3-7-20/h1-4,6-13,18H,5,14-17,19H2,(H,28,32). The lowest BCUT2D eigenvalue weighted by Crippen LogP contribution is -2.39. The van der Waals surface area contributed by atoms with Crippen LogP contribution in [0.5, 0.6) is 5.75 Å². The minimum atomic E-state index is -0.188. The van der Waals surface area contributed by atoms with Crippen LogP contribution in [0.15, 0.2) is 78.9 Å². The number of carbonyl (C=O) groups excluding carboxylic acids is 2. The number of nitrogens with zero attached hydrogens (tertiary/aromatic N) is 2. The third-order valence-corrected chi connectivity index (χ3v) is 5.73. The number of halogens is 1. The molecule has 170 valence electrons. The van der Waals surface area contributed by atoms with Crippen molar-refractivity contribution in [3.8, 4) is 5.75 Å². The van der Waals surface area contributed by atoms with Gasteiger partial charge in [-0.3, -0.25) is 4.79 Å². The second-order valence-electron chi connectivity index (χ2n) is 7.87. The highest BCUT2D eigenvalue weighted by molar-refractivity contribution is 6.30. The minimum absolute atomic E-state index is 0.0401. The van der Waals surface area contributed by atoms with Crippen LogP contribution in [0.3, 0.4) is 0 Å². The molecule has 1 fully saturated rings. The van der Waals surface area contributed by atoms with E-state index in [2.05, 4.69) is 5.32 Å². The fourth-order valence-corrected chi connectivity index (χ4v) is 3.90. The Morgan fingerprint density at radius 1 is 0.848 bits per heavy atom. The lowest BCUT2D eigenvalue weighted by atomic mass is 10.2. The van der Waals surface area contributed by atoms with Crippen LogP contribution in [-0.2, 0) is 6.61 Å². The first-order valence-corrected chi connectivity index (χ1v) is 11.3. The number of urea groups is 1. The van der Waals surface area contributed by atoms with Crippen LogP contribution in [0.2, 0.25) is 5.02 Å². The summed E-state index contributed by atoms with van der Waals surface area (Å²) in [6, 6.07) is 24.0. The zero-order valence-corrected chi connectivity index (χ0v) is 19.0. The van der Waals surface area contributed by atoms with Gasteiger partial charge in [0.15, 0.2) is 0 Å². The van der Waals surface area contributed by atoms with Crippen molar-refractivity contribution in [1.29, 1.82) is 0 Å². The first-order chi connectivity index (χ1) is 16.1. The smallest absolute Gasteiger partial charge is 0.321 e. The molecule has 0 unspecified atom stereocenters. The molecule has 3 aromatic rings. The van der Waals surface area contributed by atoms with Crippen molar-refractivity contribution in [3.05, 3.63) is 95.0 Å². The quantitative estimate of drug-likeness (QED) is 0.558. The minimum Gasteiger partial charge on any atom is -0.489 e. The van der Waals surface area contributed by atoms with Gasteiger partial charge in [0.1, 0.15) is 12.4 Å². The maximum Gasteiger partial charge on any atom is 0.321 e. The van der Waals surface area contributed by atoms with E-state index < -0.39 is 0 Å². The van der Waals surface area contributed by atoms with Gasteiger partial charge in [-0.15, -0.1) is 0 Å². The monoisotopic (exact) mass is 463 g/mol. The average Bonchev–Trinajstić information content (AvgIpc) is 3.10. The first-order valence-electron chi connectivity index (χ1n) is 11.0. The first kappa shape index (κ1) is 22.7. The molecule has 0 spiro atoms. The van der Waals surface area contributed by atoms with E-state index in [0.717, 1.165) is 11.3 Å². The van der Waals surface area contributed by atoms with Crippen LogP contribution in [-0.4, -0.2) is 47.9 Å². The number of carbonyl (C=O) groups is 2. The number of anilines is 1. The highest BCUT2D eigenvalue weighted by atomic mass is 35.5. The van der Waals surface area contributed by atoms with E-state index in [1.807, 2.05) is 42.5 Å². The molecule has 0 saturated carbocycles. The molecule has 0 aliphatic carbocycles. The van der Waals surface area contributed by atoms with Gasteiger partial charge in [-0.05, 0) is 54.4 Å². The van der Waals surface area contributed by atoms with Gasteiger partial charge in [-0.25, -0.2) is 4.79 Å². The van der Waals surface area contributed by atoms with Crippen molar-refractivity contribution in [2.75, 3.05) is 31.5 Å². The van der Waals surface area contributed by atoms with E-state index in [9.17, 15) is 9.59 Å². The maximum absolute atomic E-state index is 13.0. The molecule has 1 heterocycles. The Kier molecular flexibility index (Phi) is 7.47. The molecule has 6 nitrogen and oxygen atoms in total. The van der Waals surface area contributed by atoms with E-state index in [-0.39, 0.29) is 11.9 Å². The summed E-state index contributed by atoms with van der Waals surface area (Å²) in [5, 5.41) is 3.44. The van der Waals surface area contributed by atoms with Crippen LogP contribution in [0.4, 0.5) is 10.5 Å². The largest absolute Gasteiger partial charge is 0.489 e. The Balaban J connectivity index is 1.30. The molecule has 7 heteroatoms. The molecular formula is C26H26ClN3O3. The van der Waals surface area contributed by atoms with Crippen LogP contribution in [0.25, 0.3) is 0 Å². The van der Waals surface area contributed by atoms with Gasteiger partial charge < -0.3 is 19.9 Å². The number of nitrogens with one attached hydrogen (secondary N) is 1. The summed E-state index contributed by atoms with van der Waals surface area (Å²) in [5.41, 5.74) is 2.35. The zero-order chi connectivity index (χ0) is 23.0. The number of hydrogen-bond acceptors (Lipinski definition) is 3. The highest BCUT2D eigenvalue weighted by Crippen LogP contribution is 2.18. The van der Waals surface area contributed by atoms with E-state index in [0.29, 0.717) is 55.5 Å². The van der Waals surface area contributed by atoms with E-state index in [1.165, 1.54) is 0 Å². The molecule has 0 atom stereocenters. The molecule has 1 N–H and O–H groups in total. The Morgan fingerprint density at radius 3 is 2.33 bits per heavy atom. The summed E-state index contributed by atoms with van der Waals surface area (Å²) >= 11 is 5.99. The Morgan fingerprint density at radius 2 is 1.58 bits per heavy atom. The van der Waals surface area contributed by atoms with E-state index in [1.54, 1.807) is 46.2 Å². The lowest BCUT2D eigenvalue weighted by molar-refractivity contribution is 0.0762. The molecule has 1 saturated heterocycles. The summed E-state index contributed by atoms with van der Waals surface area (Å²) in [7, 11) is 0. The third-order valence-electron chi connectivity index (χ3n) is 5.50. The maximum atomic E-state index is 13.0. The van der Waals surface area contributed by atoms with Crippen molar-refractivity contribution >= 4 is 29.2 Å². The second kappa shape index (κ2) is 10.9. The van der Waals surface area contributed by atoms with Crippen molar-refractivity contribution in [2.24, 2.45) is 0 Å². The molecule has 0 aromatic heterocycles. The fourth-order valence-electron chi connectivity index (χ4n) is 3.71. The summed E-state index contributed by atoms with van der Waals surface area (Å²) < 4.78 is 5.80. The molecule has 0 radical (unpaired) electrons. The predicted octanol–water partition coefficient (Wildman–Crippen LogP) is 5.30. The number of hydrogen-bond donors (Lipinski definition) is 1. The number of amides is 3. The van der Waals surface area contributed by atoms with Crippen molar-refractivity contribution < 1.29 is 14.3 Å². The molecular weight excluding hydrogens is 438 g/mol. The van der Waals surface area contributed by atoms with Gasteiger partial charge in [0.25, 0.3) is 5.91 Å². The van der Waals surface area contributed by atoms with Gasteiger partial charge in [0.05, 0.1) is 0 Å². The number of rotatable bonds is 5. The molecule has 3 amide bonds. The van der Waals surface area contributed by atoms with Crippen molar-refractivity contribution in [3.63, 3.8) is 0 Å². The highest BCUT2D eigenvalue weighted by Gasteiger charge is 2.23. The second-order valence-corrected chi connectivity index (χ2v) is 8.31. The molecule has 1 aliphatic rings. The van der Waals surface area contributed by atoms with Crippen molar-refractivity contribution in [2.45, 2.75) is 13.0 Å². The van der Waals surface area contributed by atoms with Gasteiger partial charge in [0, 0.05) is 42.5 Å². The summed E-state index contributed by atoms with van der Waals surface area (Å²) in [5.74, 6) is 0.678. The number of ether oxygens (including phenoxy) is 1. The topological polar surface area (TPSA) is 61.9 Å². The summed E-state index contributed by atoms with van der Waals surface area (Å²) in [6.45, 7) is 2.62. The summed E-state index contributed by atoms with van der Waals surface area (Å²) in [6.07, 6.45) is 0.715. The Bertz CT molecular complexity index is 1090. The van der Waals surface area contributed by atoms with Gasteiger partial charge in [0.2, 0.25) is 0 Å². The normalized spacial score (nSPS) is 13.8. The molecule has 0 bridgehead atoms. The van der Waals surface area contributed by atoms with Crippen LogP contribution in [0, 0.1) is 0 Å². The molecule has 4 rings (SSSR count). The van der Waals surface area contributed by atoms with Gasteiger partial charge in [-0.2, -0.15) is 0 Å². The molecule has 3 aromatic carbocycles. The fraction of sp³-hybridized carbons (Fsp3) is 0.231. The van der Waals surface area contributed by atoms with Crippen LogP contribution in [0.1, 0.15) is 22.3 Å². The summed E-state index contributed by atoms with van der Waals surface area (Å²) in [4.78, 5) is 29.2.